The standard InChI is InChI=1S/C13H14N4S/c1-2-13-15-7-9(18-13)6-14-11-4-3-5-12-10(11)8-16-17-12/h3-5,7-8,14H,2,6H2,1H3,(H,16,17). The number of benzene rings is 1. The molecule has 3 rings (SSSR count). The predicted octanol–water partition coefficient (Wildman–Crippen LogP) is 3.19. The lowest BCUT2D eigenvalue weighted by Crippen LogP contribution is -1.97. The Morgan fingerprint density at radius 1 is 1.33 bits per heavy atom. The molecule has 0 saturated carbocycles. The van der Waals surface area contributed by atoms with E-state index in [0.29, 0.717) is 0 Å². The molecule has 0 amide bonds. The van der Waals surface area contributed by atoms with E-state index >= 15 is 0 Å². The molecular weight excluding hydrogens is 244 g/mol. The molecule has 0 radical (unpaired) electrons. The summed E-state index contributed by atoms with van der Waals surface area (Å²) in [6, 6.07) is 6.11. The smallest absolute Gasteiger partial charge is 0.0925 e. The van der Waals surface area contributed by atoms with Gasteiger partial charge in [-0.2, -0.15) is 5.10 Å². The Balaban J connectivity index is 1.78. The summed E-state index contributed by atoms with van der Waals surface area (Å²) in [6.07, 6.45) is 4.80. The van der Waals surface area contributed by atoms with E-state index in [1.807, 2.05) is 24.5 Å². The fourth-order valence-corrected chi connectivity index (χ4v) is 2.70. The molecule has 0 unspecified atom stereocenters. The summed E-state index contributed by atoms with van der Waals surface area (Å²) in [5.41, 5.74) is 2.16. The van der Waals surface area contributed by atoms with Crippen LogP contribution in [0.5, 0.6) is 0 Å². The third-order valence-electron chi connectivity index (χ3n) is 2.84. The van der Waals surface area contributed by atoms with E-state index in [0.717, 1.165) is 29.6 Å². The SMILES string of the molecule is CCc1ncc(CNc2cccc3[nH]ncc23)s1. The van der Waals surface area contributed by atoms with Crippen LogP contribution >= 0.6 is 11.3 Å². The molecule has 2 aromatic heterocycles. The summed E-state index contributed by atoms with van der Waals surface area (Å²) in [4.78, 5) is 5.62. The highest BCUT2D eigenvalue weighted by Gasteiger charge is 2.03. The first-order valence-electron chi connectivity index (χ1n) is 5.96. The first kappa shape index (κ1) is 11.2. The third kappa shape index (κ3) is 2.09. The minimum Gasteiger partial charge on any atom is -0.379 e. The summed E-state index contributed by atoms with van der Waals surface area (Å²) in [5.74, 6) is 0. The van der Waals surface area contributed by atoms with Crippen molar-refractivity contribution in [2.45, 2.75) is 19.9 Å². The van der Waals surface area contributed by atoms with Crippen molar-refractivity contribution in [2.75, 3.05) is 5.32 Å². The van der Waals surface area contributed by atoms with E-state index in [4.69, 9.17) is 0 Å². The topological polar surface area (TPSA) is 53.6 Å². The van der Waals surface area contributed by atoms with Gasteiger partial charge in [-0.1, -0.05) is 13.0 Å². The van der Waals surface area contributed by atoms with Crippen LogP contribution in [-0.2, 0) is 13.0 Å². The quantitative estimate of drug-likeness (QED) is 0.755. The van der Waals surface area contributed by atoms with Crippen molar-refractivity contribution in [3.8, 4) is 0 Å². The molecule has 92 valence electrons. The normalized spacial score (nSPS) is 10.9. The second-order valence-electron chi connectivity index (χ2n) is 4.06. The molecule has 2 N–H and O–H groups in total. The highest BCUT2D eigenvalue weighted by Crippen LogP contribution is 2.22. The molecule has 0 saturated heterocycles. The van der Waals surface area contributed by atoms with Gasteiger partial charge in [-0.15, -0.1) is 11.3 Å². The highest BCUT2D eigenvalue weighted by atomic mass is 32.1. The summed E-state index contributed by atoms with van der Waals surface area (Å²) >= 11 is 1.76. The van der Waals surface area contributed by atoms with Gasteiger partial charge in [0.15, 0.2) is 0 Å². The minimum atomic E-state index is 0.808. The zero-order valence-electron chi connectivity index (χ0n) is 10.1. The first-order valence-corrected chi connectivity index (χ1v) is 6.78. The number of nitrogens with one attached hydrogen (secondary N) is 2. The van der Waals surface area contributed by atoms with Crippen molar-refractivity contribution in [1.29, 1.82) is 0 Å². The van der Waals surface area contributed by atoms with Gasteiger partial charge in [0.25, 0.3) is 0 Å². The summed E-state index contributed by atoms with van der Waals surface area (Å²) in [7, 11) is 0. The van der Waals surface area contributed by atoms with Gasteiger partial charge in [-0.05, 0) is 18.6 Å². The molecule has 0 spiro atoms. The molecule has 0 atom stereocenters. The van der Waals surface area contributed by atoms with Gasteiger partial charge in [0.2, 0.25) is 0 Å². The number of fused-ring (bicyclic) bond motifs is 1. The molecule has 2 heterocycles. The van der Waals surface area contributed by atoms with Crippen LogP contribution in [0.3, 0.4) is 0 Å². The van der Waals surface area contributed by atoms with E-state index in [2.05, 4.69) is 33.5 Å². The Kier molecular flexibility index (Phi) is 2.98. The van der Waals surface area contributed by atoms with Gasteiger partial charge in [-0.25, -0.2) is 4.98 Å². The van der Waals surface area contributed by atoms with Crippen LogP contribution in [-0.4, -0.2) is 15.2 Å². The van der Waals surface area contributed by atoms with E-state index < -0.39 is 0 Å². The fraction of sp³-hybridized carbons (Fsp3) is 0.231. The van der Waals surface area contributed by atoms with Crippen LogP contribution in [0.25, 0.3) is 10.9 Å². The Labute approximate surface area is 109 Å². The number of hydrogen-bond donors (Lipinski definition) is 2. The minimum absolute atomic E-state index is 0.808. The Hall–Kier alpha value is -1.88. The van der Waals surface area contributed by atoms with Gasteiger partial charge in [0, 0.05) is 22.1 Å². The zero-order valence-corrected chi connectivity index (χ0v) is 10.9. The molecule has 0 bridgehead atoms. The number of rotatable bonds is 4. The molecule has 1 aromatic carbocycles. The number of H-pyrrole nitrogens is 1. The van der Waals surface area contributed by atoms with Gasteiger partial charge in [0.1, 0.15) is 0 Å². The van der Waals surface area contributed by atoms with Crippen molar-refractivity contribution in [3.63, 3.8) is 0 Å². The maximum atomic E-state index is 4.36. The maximum absolute atomic E-state index is 4.36. The number of aryl methyl sites for hydroxylation is 1. The molecule has 5 heteroatoms. The highest BCUT2D eigenvalue weighted by molar-refractivity contribution is 7.11. The van der Waals surface area contributed by atoms with E-state index in [-0.39, 0.29) is 0 Å². The second-order valence-corrected chi connectivity index (χ2v) is 5.26. The third-order valence-corrected chi connectivity index (χ3v) is 3.98. The van der Waals surface area contributed by atoms with Crippen LogP contribution in [0, 0.1) is 0 Å². The predicted molar refractivity (Wildman–Crippen MR) is 74.9 cm³/mol. The van der Waals surface area contributed by atoms with Crippen molar-refractivity contribution >= 4 is 27.9 Å². The summed E-state index contributed by atoms with van der Waals surface area (Å²) in [6.45, 7) is 2.93. The van der Waals surface area contributed by atoms with Crippen molar-refractivity contribution in [1.82, 2.24) is 15.2 Å². The molecule has 4 nitrogen and oxygen atoms in total. The Morgan fingerprint density at radius 2 is 2.28 bits per heavy atom. The average Bonchev–Trinajstić information content (AvgIpc) is 3.05. The molecule has 3 aromatic rings. The average molecular weight is 258 g/mol. The number of aromatic nitrogens is 3. The van der Waals surface area contributed by atoms with E-state index in [1.165, 1.54) is 9.88 Å². The monoisotopic (exact) mass is 258 g/mol. The van der Waals surface area contributed by atoms with Gasteiger partial charge < -0.3 is 5.32 Å². The fourth-order valence-electron chi connectivity index (χ4n) is 1.90. The van der Waals surface area contributed by atoms with Gasteiger partial charge >= 0.3 is 0 Å². The van der Waals surface area contributed by atoms with Crippen LogP contribution in [0.1, 0.15) is 16.8 Å². The number of thiazole rings is 1. The number of hydrogen-bond acceptors (Lipinski definition) is 4. The van der Waals surface area contributed by atoms with Crippen molar-refractivity contribution in [2.24, 2.45) is 0 Å². The second kappa shape index (κ2) is 4.78. The lowest BCUT2D eigenvalue weighted by molar-refractivity contribution is 1.09. The van der Waals surface area contributed by atoms with Gasteiger partial charge in [0.05, 0.1) is 23.3 Å². The lowest BCUT2D eigenvalue weighted by Gasteiger charge is -2.05. The van der Waals surface area contributed by atoms with E-state index in [1.54, 1.807) is 11.3 Å². The van der Waals surface area contributed by atoms with E-state index in [9.17, 15) is 0 Å². The van der Waals surface area contributed by atoms with Gasteiger partial charge in [-0.3, -0.25) is 5.10 Å². The molecule has 0 aliphatic rings. The lowest BCUT2D eigenvalue weighted by atomic mass is 10.2. The van der Waals surface area contributed by atoms with Crippen LogP contribution in [0.4, 0.5) is 5.69 Å². The number of anilines is 1. The molecule has 18 heavy (non-hydrogen) atoms. The Morgan fingerprint density at radius 3 is 3.11 bits per heavy atom. The summed E-state index contributed by atoms with van der Waals surface area (Å²) in [5, 5.41) is 12.8. The first-order chi connectivity index (χ1) is 8.86. The number of aromatic amines is 1. The maximum Gasteiger partial charge on any atom is 0.0925 e. The Bertz CT molecular complexity index is 656. The number of nitrogens with zero attached hydrogens (tertiary/aromatic N) is 2. The summed E-state index contributed by atoms with van der Waals surface area (Å²) < 4.78 is 0. The largest absolute Gasteiger partial charge is 0.379 e. The zero-order chi connectivity index (χ0) is 12.4. The van der Waals surface area contributed by atoms with Crippen molar-refractivity contribution < 1.29 is 0 Å². The van der Waals surface area contributed by atoms with Crippen LogP contribution in [0.2, 0.25) is 0 Å². The molecular formula is C13H14N4S. The van der Waals surface area contributed by atoms with Crippen LogP contribution < -0.4 is 5.32 Å². The van der Waals surface area contributed by atoms with Crippen molar-refractivity contribution in [3.05, 3.63) is 40.5 Å². The molecule has 0 fully saturated rings. The molecule has 0 aliphatic heterocycles. The van der Waals surface area contributed by atoms with Crippen LogP contribution in [0.15, 0.2) is 30.6 Å². The molecule has 0 aliphatic carbocycles.